The monoisotopic (exact) mass is 308 g/mol. The van der Waals surface area contributed by atoms with Gasteiger partial charge in [-0.1, -0.05) is 13.0 Å². The average Bonchev–Trinajstić information content (AvgIpc) is 2.69. The second-order valence-corrected chi connectivity index (χ2v) is 5.70. The van der Waals surface area contributed by atoms with E-state index in [1.165, 1.54) is 18.2 Å². The van der Waals surface area contributed by atoms with Crippen LogP contribution < -0.4 is 4.74 Å². The van der Waals surface area contributed by atoms with E-state index in [2.05, 4.69) is 4.74 Å². The van der Waals surface area contributed by atoms with Crippen LogP contribution in [0.15, 0.2) is 18.2 Å². The zero-order chi connectivity index (χ0) is 16.2. The molecule has 7 nitrogen and oxygen atoms in total. The fraction of sp³-hybridized carbons (Fsp3) is 0.467. The van der Waals surface area contributed by atoms with Gasteiger partial charge in [0, 0.05) is 5.92 Å². The molecule has 3 N–H and O–H groups in total. The van der Waals surface area contributed by atoms with E-state index in [1.54, 1.807) is 6.92 Å². The van der Waals surface area contributed by atoms with Crippen LogP contribution in [0.4, 0.5) is 0 Å². The van der Waals surface area contributed by atoms with Crippen molar-refractivity contribution in [2.75, 3.05) is 7.11 Å². The minimum atomic E-state index is -2.41. The first-order chi connectivity index (χ1) is 10.3. The van der Waals surface area contributed by atoms with Crippen molar-refractivity contribution in [3.05, 3.63) is 23.8 Å². The molecule has 0 unspecified atom stereocenters. The Morgan fingerprint density at radius 2 is 2.09 bits per heavy atom. The van der Waals surface area contributed by atoms with Gasteiger partial charge in [-0.05, 0) is 12.1 Å². The third kappa shape index (κ3) is 1.63. The van der Waals surface area contributed by atoms with Crippen LogP contribution in [0, 0.1) is 11.8 Å². The van der Waals surface area contributed by atoms with Gasteiger partial charge in [0.2, 0.25) is 5.60 Å². The SMILES string of the molecule is COC(=O)[C@]1(O)[C@H](O)[C@H](C)[C@H]2Oc3cccc(O)c3C(=O)[C@H]21. The number of benzene rings is 1. The first-order valence-electron chi connectivity index (χ1n) is 6.85. The number of Topliss-reactive ketones (excluding diaryl/α,β-unsaturated/α-hetero) is 1. The maximum atomic E-state index is 12.7. The molecular weight excluding hydrogens is 292 g/mol. The van der Waals surface area contributed by atoms with Crippen LogP contribution in [-0.2, 0) is 9.53 Å². The number of ketones is 1. The molecule has 0 aromatic heterocycles. The zero-order valence-corrected chi connectivity index (χ0v) is 12.0. The molecule has 0 amide bonds. The van der Waals surface area contributed by atoms with E-state index in [0.717, 1.165) is 7.11 Å². The molecule has 1 aromatic rings. The number of fused-ring (bicyclic) bond motifs is 2. The summed E-state index contributed by atoms with van der Waals surface area (Å²) in [5, 5.41) is 30.8. The molecule has 1 aromatic carbocycles. The molecule has 1 saturated carbocycles. The highest BCUT2D eigenvalue weighted by Gasteiger charge is 2.68. The number of ether oxygens (including phenoxy) is 2. The number of methoxy groups -OCH3 is 1. The van der Waals surface area contributed by atoms with Crippen molar-refractivity contribution in [1.29, 1.82) is 0 Å². The predicted molar refractivity (Wildman–Crippen MR) is 72.5 cm³/mol. The third-order valence-corrected chi connectivity index (χ3v) is 4.58. The lowest BCUT2D eigenvalue weighted by atomic mass is 9.80. The Kier molecular flexibility index (Phi) is 3.15. The standard InChI is InChI=1S/C15H16O7/c1-6-12-10(15(20,13(6)18)14(19)21-2)11(17)9-7(16)4-3-5-8(9)22-12/h3-6,10,12-13,16,18,20H,1-2H3/t6-,10-,12-,13-,15-/m1/s1. The van der Waals surface area contributed by atoms with Crippen LogP contribution in [0.25, 0.3) is 0 Å². The fourth-order valence-electron chi connectivity index (χ4n) is 3.42. The van der Waals surface area contributed by atoms with Crippen molar-refractivity contribution in [2.45, 2.75) is 24.7 Å². The van der Waals surface area contributed by atoms with Gasteiger partial charge >= 0.3 is 5.97 Å². The Balaban J connectivity index is 2.17. The third-order valence-electron chi connectivity index (χ3n) is 4.58. The fourth-order valence-corrected chi connectivity index (χ4v) is 3.42. The van der Waals surface area contributed by atoms with Crippen molar-refractivity contribution < 1.29 is 34.4 Å². The van der Waals surface area contributed by atoms with Crippen LogP contribution in [0.5, 0.6) is 11.5 Å². The lowest BCUT2D eigenvalue weighted by Crippen LogP contribution is -2.56. The number of carbonyl (C=O) groups excluding carboxylic acids is 2. The molecule has 1 heterocycles. The Bertz CT molecular complexity index is 655. The molecule has 1 aliphatic carbocycles. The highest BCUT2D eigenvalue weighted by molar-refractivity contribution is 6.07. The van der Waals surface area contributed by atoms with Crippen molar-refractivity contribution in [2.24, 2.45) is 11.8 Å². The molecule has 0 radical (unpaired) electrons. The summed E-state index contributed by atoms with van der Waals surface area (Å²) in [7, 11) is 1.06. The summed E-state index contributed by atoms with van der Waals surface area (Å²) in [6.07, 6.45) is -2.41. The van der Waals surface area contributed by atoms with Gasteiger partial charge in [-0.25, -0.2) is 4.79 Å². The number of phenols is 1. The number of hydrogen-bond acceptors (Lipinski definition) is 7. The van der Waals surface area contributed by atoms with E-state index < -0.39 is 41.4 Å². The summed E-state index contributed by atoms with van der Waals surface area (Å²) in [6.45, 7) is 1.57. The van der Waals surface area contributed by atoms with Crippen molar-refractivity contribution in [3.8, 4) is 11.5 Å². The quantitative estimate of drug-likeness (QED) is 0.619. The molecule has 1 fully saturated rings. The van der Waals surface area contributed by atoms with E-state index in [1.807, 2.05) is 0 Å². The summed E-state index contributed by atoms with van der Waals surface area (Å²) in [5.41, 5.74) is -2.51. The lowest BCUT2D eigenvalue weighted by molar-refractivity contribution is -0.177. The summed E-state index contributed by atoms with van der Waals surface area (Å²) in [6, 6.07) is 4.34. The summed E-state index contributed by atoms with van der Waals surface area (Å²) < 4.78 is 10.2. The normalized spacial score (nSPS) is 36.3. The summed E-state index contributed by atoms with van der Waals surface area (Å²) >= 11 is 0. The molecule has 3 rings (SSSR count). The van der Waals surface area contributed by atoms with E-state index in [4.69, 9.17) is 4.74 Å². The molecule has 0 saturated heterocycles. The van der Waals surface area contributed by atoms with Crippen LogP contribution in [-0.4, -0.2) is 52.0 Å². The Morgan fingerprint density at radius 1 is 1.41 bits per heavy atom. The van der Waals surface area contributed by atoms with Gasteiger partial charge in [0.05, 0.1) is 7.11 Å². The van der Waals surface area contributed by atoms with Gasteiger partial charge in [0.1, 0.15) is 35.2 Å². The van der Waals surface area contributed by atoms with Gasteiger partial charge in [-0.3, -0.25) is 4.79 Å². The number of esters is 1. The second-order valence-electron chi connectivity index (χ2n) is 5.70. The lowest BCUT2D eigenvalue weighted by Gasteiger charge is -2.34. The number of phenolic OH excluding ortho intramolecular Hbond substituents is 1. The van der Waals surface area contributed by atoms with Gasteiger partial charge in [-0.15, -0.1) is 0 Å². The van der Waals surface area contributed by atoms with Crippen molar-refractivity contribution >= 4 is 11.8 Å². The van der Waals surface area contributed by atoms with Crippen molar-refractivity contribution in [1.82, 2.24) is 0 Å². The topological polar surface area (TPSA) is 113 Å². The number of rotatable bonds is 1. The van der Waals surface area contributed by atoms with Gasteiger partial charge in [0.25, 0.3) is 0 Å². The number of aromatic hydroxyl groups is 1. The van der Waals surface area contributed by atoms with E-state index in [9.17, 15) is 24.9 Å². The molecular formula is C15H16O7. The van der Waals surface area contributed by atoms with E-state index >= 15 is 0 Å². The Labute approximate surface area is 126 Å². The maximum absolute atomic E-state index is 12.7. The van der Waals surface area contributed by atoms with Gasteiger partial charge in [-0.2, -0.15) is 0 Å². The Hall–Kier alpha value is -2.12. The highest BCUT2D eigenvalue weighted by atomic mass is 16.5. The predicted octanol–water partition coefficient (Wildman–Crippen LogP) is -0.133. The summed E-state index contributed by atoms with van der Waals surface area (Å²) in [5.74, 6) is -3.91. The second kappa shape index (κ2) is 4.69. The maximum Gasteiger partial charge on any atom is 0.341 e. The Morgan fingerprint density at radius 3 is 2.73 bits per heavy atom. The number of hydrogen-bond donors (Lipinski definition) is 3. The highest BCUT2D eigenvalue weighted by Crippen LogP contribution is 2.49. The van der Waals surface area contributed by atoms with Crippen LogP contribution >= 0.6 is 0 Å². The molecule has 118 valence electrons. The first kappa shape index (κ1) is 14.8. The molecule has 0 bridgehead atoms. The van der Waals surface area contributed by atoms with Crippen LogP contribution in [0.1, 0.15) is 17.3 Å². The largest absolute Gasteiger partial charge is 0.507 e. The number of aliphatic hydroxyl groups excluding tert-OH is 1. The average molecular weight is 308 g/mol. The van der Waals surface area contributed by atoms with Gasteiger partial charge < -0.3 is 24.8 Å². The molecule has 7 heteroatoms. The molecule has 22 heavy (non-hydrogen) atoms. The molecule has 5 atom stereocenters. The minimum absolute atomic E-state index is 0.104. The smallest absolute Gasteiger partial charge is 0.341 e. The number of carbonyl (C=O) groups is 2. The van der Waals surface area contributed by atoms with E-state index in [-0.39, 0.29) is 17.1 Å². The van der Waals surface area contributed by atoms with Crippen molar-refractivity contribution in [3.63, 3.8) is 0 Å². The first-order valence-corrected chi connectivity index (χ1v) is 6.85. The van der Waals surface area contributed by atoms with Crippen LogP contribution in [0.2, 0.25) is 0 Å². The number of aliphatic hydroxyl groups is 2. The summed E-state index contributed by atoms with van der Waals surface area (Å²) in [4.78, 5) is 24.7. The molecule has 0 spiro atoms. The molecule has 1 aliphatic heterocycles. The molecule has 2 aliphatic rings. The van der Waals surface area contributed by atoms with Crippen LogP contribution in [0.3, 0.4) is 0 Å². The van der Waals surface area contributed by atoms with E-state index in [0.29, 0.717) is 0 Å². The zero-order valence-electron chi connectivity index (χ0n) is 12.0. The minimum Gasteiger partial charge on any atom is -0.507 e. The van der Waals surface area contributed by atoms with Gasteiger partial charge in [0.15, 0.2) is 5.78 Å².